The van der Waals surface area contributed by atoms with Crippen molar-refractivity contribution in [3.8, 4) is 0 Å². The number of aromatic nitrogens is 1. The molecule has 1 aromatic heterocycles. The number of hydrogen-bond donors (Lipinski definition) is 1. The minimum atomic E-state index is -0.363. The number of aryl methyl sites for hydroxylation is 1. The Hall–Kier alpha value is -1.89. The van der Waals surface area contributed by atoms with Crippen molar-refractivity contribution in [2.75, 3.05) is 33.4 Å². The summed E-state index contributed by atoms with van der Waals surface area (Å²) in [6.07, 6.45) is 4.94. The van der Waals surface area contributed by atoms with Crippen LogP contribution < -0.4 is 5.32 Å². The summed E-state index contributed by atoms with van der Waals surface area (Å²) in [6.45, 7) is 5.86. The third-order valence-corrected chi connectivity index (χ3v) is 5.84. The fourth-order valence-corrected chi connectivity index (χ4v) is 4.13. The Labute approximate surface area is 166 Å². The molecule has 0 radical (unpaired) electrons. The highest BCUT2D eigenvalue weighted by Gasteiger charge is 2.39. The molecule has 0 unspecified atom stereocenters. The average Bonchev–Trinajstić information content (AvgIpc) is 3.48. The molecule has 4 rings (SSSR count). The topological polar surface area (TPSA) is 55.7 Å². The number of nitrogens with zero attached hydrogens (tertiary/aromatic N) is 2. The molecule has 1 aromatic carbocycles. The number of benzene rings is 1. The first-order chi connectivity index (χ1) is 13.7. The summed E-state index contributed by atoms with van der Waals surface area (Å²) in [4.78, 5) is 15.3. The van der Waals surface area contributed by atoms with E-state index in [1.54, 1.807) is 7.11 Å². The number of hydrogen-bond acceptors (Lipinski definition) is 4. The van der Waals surface area contributed by atoms with Gasteiger partial charge in [-0.2, -0.15) is 0 Å². The fourth-order valence-electron chi connectivity index (χ4n) is 4.13. The van der Waals surface area contributed by atoms with E-state index in [1.165, 1.54) is 16.5 Å². The molecule has 28 heavy (non-hydrogen) atoms. The second kappa shape index (κ2) is 8.64. The molecular formula is C22H31N3O3. The van der Waals surface area contributed by atoms with Crippen LogP contribution in [0.2, 0.25) is 0 Å². The molecule has 1 saturated carbocycles. The average molecular weight is 386 g/mol. The Morgan fingerprint density at radius 1 is 1.39 bits per heavy atom. The first-order valence-electron chi connectivity index (χ1n) is 10.4. The number of amides is 1. The first-order valence-corrected chi connectivity index (χ1v) is 10.4. The lowest BCUT2D eigenvalue weighted by Crippen LogP contribution is -2.50. The van der Waals surface area contributed by atoms with Gasteiger partial charge in [-0.15, -0.1) is 0 Å². The smallest absolute Gasteiger partial charge is 0.253 e. The van der Waals surface area contributed by atoms with Crippen LogP contribution in [0.1, 0.15) is 37.8 Å². The van der Waals surface area contributed by atoms with Crippen molar-refractivity contribution in [3.05, 3.63) is 36.0 Å². The van der Waals surface area contributed by atoms with Gasteiger partial charge in [-0.1, -0.05) is 12.1 Å². The van der Waals surface area contributed by atoms with Crippen molar-refractivity contribution < 1.29 is 14.3 Å². The molecule has 1 aliphatic heterocycles. The normalized spacial score (nSPS) is 21.0. The van der Waals surface area contributed by atoms with Crippen molar-refractivity contribution in [1.82, 2.24) is 14.8 Å². The minimum Gasteiger partial charge on any atom is -0.385 e. The van der Waals surface area contributed by atoms with Crippen molar-refractivity contribution in [2.24, 2.45) is 0 Å². The van der Waals surface area contributed by atoms with E-state index in [0.29, 0.717) is 19.2 Å². The summed E-state index contributed by atoms with van der Waals surface area (Å²) >= 11 is 0. The van der Waals surface area contributed by atoms with E-state index < -0.39 is 0 Å². The lowest BCUT2D eigenvalue weighted by molar-refractivity contribution is -0.148. The molecule has 1 N–H and O–H groups in total. The van der Waals surface area contributed by atoms with Gasteiger partial charge in [0.1, 0.15) is 6.10 Å². The third kappa shape index (κ3) is 4.09. The Bertz CT molecular complexity index is 808. The molecule has 6 heteroatoms. The minimum absolute atomic E-state index is 0.0391. The zero-order valence-corrected chi connectivity index (χ0v) is 16.9. The van der Waals surface area contributed by atoms with E-state index in [9.17, 15) is 4.79 Å². The largest absolute Gasteiger partial charge is 0.385 e. The lowest BCUT2D eigenvalue weighted by Gasteiger charge is -2.34. The van der Waals surface area contributed by atoms with Crippen LogP contribution >= 0.6 is 0 Å². The van der Waals surface area contributed by atoms with E-state index in [1.807, 2.05) is 0 Å². The maximum atomic E-state index is 13.2. The van der Waals surface area contributed by atoms with Crippen LogP contribution in [0.15, 0.2) is 30.5 Å². The van der Waals surface area contributed by atoms with Gasteiger partial charge in [-0.05, 0) is 49.3 Å². The van der Waals surface area contributed by atoms with Crippen LogP contribution in [0, 0.1) is 0 Å². The molecule has 1 amide bonds. The van der Waals surface area contributed by atoms with Gasteiger partial charge in [0, 0.05) is 51.1 Å². The summed E-state index contributed by atoms with van der Waals surface area (Å²) in [6, 6.07) is 9.11. The SMILES string of the molecule is COCCCn1ccc2ccc([C@@H](C)N(C(=O)[C@H]3CNCCO3)C3CC3)cc21. The molecule has 1 aliphatic carbocycles. The third-order valence-electron chi connectivity index (χ3n) is 5.84. The van der Waals surface area contributed by atoms with E-state index in [0.717, 1.165) is 39.0 Å². The molecule has 2 atom stereocenters. The van der Waals surface area contributed by atoms with Gasteiger partial charge in [-0.25, -0.2) is 0 Å². The molecule has 1 saturated heterocycles. The maximum Gasteiger partial charge on any atom is 0.253 e. The van der Waals surface area contributed by atoms with Crippen LogP contribution in [0.4, 0.5) is 0 Å². The number of carbonyl (C=O) groups excluding carboxylic acids is 1. The molecule has 2 fully saturated rings. The van der Waals surface area contributed by atoms with Crippen molar-refractivity contribution in [1.29, 1.82) is 0 Å². The predicted molar refractivity (Wildman–Crippen MR) is 109 cm³/mol. The Kier molecular flexibility index (Phi) is 5.99. The molecule has 0 bridgehead atoms. The zero-order valence-electron chi connectivity index (χ0n) is 16.9. The van der Waals surface area contributed by atoms with Gasteiger partial charge in [0.15, 0.2) is 0 Å². The molecule has 152 valence electrons. The highest BCUT2D eigenvalue weighted by molar-refractivity contribution is 5.83. The van der Waals surface area contributed by atoms with E-state index in [-0.39, 0.29) is 18.1 Å². The fraction of sp³-hybridized carbons (Fsp3) is 0.591. The summed E-state index contributed by atoms with van der Waals surface area (Å²) in [5.74, 6) is 0.123. The Morgan fingerprint density at radius 3 is 2.96 bits per heavy atom. The van der Waals surface area contributed by atoms with Gasteiger partial charge >= 0.3 is 0 Å². The second-order valence-electron chi connectivity index (χ2n) is 7.89. The number of carbonyl (C=O) groups is 1. The Balaban J connectivity index is 1.56. The Morgan fingerprint density at radius 2 is 2.25 bits per heavy atom. The molecule has 2 aromatic rings. The molecule has 0 spiro atoms. The molecule has 2 aliphatic rings. The number of ether oxygens (including phenoxy) is 2. The van der Waals surface area contributed by atoms with E-state index >= 15 is 0 Å². The van der Waals surface area contributed by atoms with Crippen LogP contribution in [-0.4, -0.2) is 60.9 Å². The van der Waals surface area contributed by atoms with Crippen molar-refractivity contribution in [3.63, 3.8) is 0 Å². The first kappa shape index (κ1) is 19.4. The molecular weight excluding hydrogens is 354 g/mol. The maximum absolute atomic E-state index is 13.2. The van der Waals surface area contributed by atoms with Crippen LogP contribution in [0.3, 0.4) is 0 Å². The summed E-state index contributed by atoms with van der Waals surface area (Å²) in [5.41, 5.74) is 2.41. The van der Waals surface area contributed by atoms with Gasteiger partial charge in [-0.3, -0.25) is 4.79 Å². The van der Waals surface area contributed by atoms with Crippen molar-refractivity contribution in [2.45, 2.75) is 50.9 Å². The standard InChI is InChI=1S/C22H31N3O3/c1-16(25(19-6-7-19)22(26)21-15-23-9-13-28-21)18-5-4-17-8-11-24(20(17)14-18)10-3-12-27-2/h4-5,8,11,14,16,19,21,23H,3,6-7,9-10,12-13,15H2,1-2H3/t16-,21-/m1/s1. The predicted octanol–water partition coefficient (Wildman–Crippen LogP) is 2.72. The molecule has 6 nitrogen and oxygen atoms in total. The van der Waals surface area contributed by atoms with Crippen LogP contribution in [0.5, 0.6) is 0 Å². The monoisotopic (exact) mass is 385 g/mol. The number of fused-ring (bicyclic) bond motifs is 1. The summed E-state index contributed by atoms with van der Waals surface area (Å²) in [7, 11) is 1.74. The van der Waals surface area contributed by atoms with Gasteiger partial charge in [0.2, 0.25) is 0 Å². The number of morpholine rings is 1. The van der Waals surface area contributed by atoms with Gasteiger partial charge in [0.05, 0.1) is 12.6 Å². The zero-order chi connectivity index (χ0) is 19.5. The van der Waals surface area contributed by atoms with Crippen LogP contribution in [-0.2, 0) is 20.8 Å². The summed E-state index contributed by atoms with van der Waals surface area (Å²) in [5, 5.41) is 4.51. The van der Waals surface area contributed by atoms with Gasteiger partial charge < -0.3 is 24.3 Å². The highest BCUT2D eigenvalue weighted by Crippen LogP contribution is 2.36. The van der Waals surface area contributed by atoms with E-state index in [2.05, 4.69) is 52.2 Å². The molecule has 2 heterocycles. The van der Waals surface area contributed by atoms with Gasteiger partial charge in [0.25, 0.3) is 5.91 Å². The number of nitrogens with one attached hydrogen (secondary N) is 1. The summed E-state index contributed by atoms with van der Waals surface area (Å²) < 4.78 is 13.2. The van der Waals surface area contributed by atoms with Crippen molar-refractivity contribution >= 4 is 16.8 Å². The number of methoxy groups -OCH3 is 1. The highest BCUT2D eigenvalue weighted by atomic mass is 16.5. The van der Waals surface area contributed by atoms with Crippen LogP contribution in [0.25, 0.3) is 10.9 Å². The number of rotatable bonds is 8. The quantitative estimate of drug-likeness (QED) is 0.710. The van der Waals surface area contributed by atoms with E-state index in [4.69, 9.17) is 9.47 Å². The lowest BCUT2D eigenvalue weighted by atomic mass is 10.0. The second-order valence-corrected chi connectivity index (χ2v) is 7.89.